The maximum atomic E-state index is 12.2. The molecule has 2 aromatic rings. The number of nitrogens with zero attached hydrogens (tertiary/aromatic N) is 3. The van der Waals surface area contributed by atoms with E-state index < -0.39 is 4.92 Å². The zero-order chi connectivity index (χ0) is 19.4. The molecule has 1 heterocycles. The van der Waals surface area contributed by atoms with E-state index in [1.807, 2.05) is 0 Å². The molecule has 1 N–H and O–H groups in total. The van der Waals surface area contributed by atoms with E-state index in [0.29, 0.717) is 23.6 Å². The van der Waals surface area contributed by atoms with Crippen LogP contribution in [0.5, 0.6) is 0 Å². The van der Waals surface area contributed by atoms with Crippen LogP contribution in [0.1, 0.15) is 53.2 Å². The van der Waals surface area contributed by atoms with Gasteiger partial charge < -0.3 is 5.32 Å². The Balaban J connectivity index is 1.58. The Morgan fingerprint density at radius 3 is 2.70 bits per heavy atom. The SMILES string of the molecule is Cc1cc(C(=O)NCCn2cnc(C3CCCC3)cc2=O)ccc1[N+](=O)[O-]. The summed E-state index contributed by atoms with van der Waals surface area (Å²) in [6.45, 7) is 2.17. The van der Waals surface area contributed by atoms with Crippen molar-refractivity contribution in [1.29, 1.82) is 0 Å². The fraction of sp³-hybridized carbons (Fsp3) is 0.421. The number of aryl methyl sites for hydroxylation is 1. The molecular formula is C19H22N4O4. The lowest BCUT2D eigenvalue weighted by atomic mass is 10.0. The van der Waals surface area contributed by atoms with Crippen molar-refractivity contribution >= 4 is 11.6 Å². The minimum atomic E-state index is -0.480. The first-order valence-electron chi connectivity index (χ1n) is 9.05. The highest BCUT2D eigenvalue weighted by molar-refractivity contribution is 5.94. The first-order chi connectivity index (χ1) is 13.0. The lowest BCUT2D eigenvalue weighted by molar-refractivity contribution is -0.385. The van der Waals surface area contributed by atoms with Gasteiger partial charge in [0.15, 0.2) is 0 Å². The van der Waals surface area contributed by atoms with Gasteiger partial charge in [0.05, 0.1) is 16.9 Å². The number of aromatic nitrogens is 2. The van der Waals surface area contributed by atoms with Gasteiger partial charge in [0.1, 0.15) is 0 Å². The summed E-state index contributed by atoms with van der Waals surface area (Å²) in [6.07, 6.45) is 6.08. The fourth-order valence-electron chi connectivity index (χ4n) is 3.45. The highest BCUT2D eigenvalue weighted by atomic mass is 16.6. The second-order valence-corrected chi connectivity index (χ2v) is 6.84. The molecule has 8 nitrogen and oxygen atoms in total. The van der Waals surface area contributed by atoms with Gasteiger partial charge in [0, 0.05) is 42.3 Å². The predicted octanol–water partition coefficient (Wildman–Crippen LogP) is 2.55. The zero-order valence-electron chi connectivity index (χ0n) is 15.2. The van der Waals surface area contributed by atoms with Gasteiger partial charge in [-0.2, -0.15) is 0 Å². The molecule has 0 saturated heterocycles. The molecule has 1 aromatic heterocycles. The summed E-state index contributed by atoms with van der Waals surface area (Å²) in [5, 5.41) is 13.6. The van der Waals surface area contributed by atoms with Crippen LogP contribution in [0.3, 0.4) is 0 Å². The van der Waals surface area contributed by atoms with Crippen LogP contribution in [-0.4, -0.2) is 26.9 Å². The lowest BCUT2D eigenvalue weighted by Gasteiger charge is -2.11. The van der Waals surface area contributed by atoms with Crippen LogP contribution in [0, 0.1) is 17.0 Å². The number of benzene rings is 1. The van der Waals surface area contributed by atoms with Crippen molar-refractivity contribution in [2.24, 2.45) is 0 Å². The van der Waals surface area contributed by atoms with Crippen LogP contribution >= 0.6 is 0 Å². The summed E-state index contributed by atoms with van der Waals surface area (Å²) in [4.78, 5) is 39.2. The third kappa shape index (κ3) is 4.39. The number of nitro benzene ring substituents is 1. The molecule has 142 valence electrons. The molecule has 1 fully saturated rings. The quantitative estimate of drug-likeness (QED) is 0.621. The van der Waals surface area contributed by atoms with Gasteiger partial charge in [-0.05, 0) is 31.9 Å². The van der Waals surface area contributed by atoms with Crippen LogP contribution in [0.25, 0.3) is 0 Å². The van der Waals surface area contributed by atoms with Crippen LogP contribution < -0.4 is 10.9 Å². The van der Waals surface area contributed by atoms with E-state index in [9.17, 15) is 19.7 Å². The van der Waals surface area contributed by atoms with Gasteiger partial charge in [-0.15, -0.1) is 0 Å². The number of hydrogen-bond acceptors (Lipinski definition) is 5. The van der Waals surface area contributed by atoms with E-state index in [1.54, 1.807) is 13.0 Å². The summed E-state index contributed by atoms with van der Waals surface area (Å²) in [5.41, 5.74) is 1.49. The number of hydrogen-bond donors (Lipinski definition) is 1. The number of nitro groups is 1. The highest BCUT2D eigenvalue weighted by Gasteiger charge is 2.19. The summed E-state index contributed by atoms with van der Waals surface area (Å²) in [6, 6.07) is 5.82. The third-order valence-corrected chi connectivity index (χ3v) is 4.97. The van der Waals surface area contributed by atoms with E-state index in [1.165, 1.54) is 41.9 Å². The Hall–Kier alpha value is -3.03. The highest BCUT2D eigenvalue weighted by Crippen LogP contribution is 2.32. The van der Waals surface area contributed by atoms with Gasteiger partial charge in [-0.25, -0.2) is 4.98 Å². The molecule has 0 bridgehead atoms. The summed E-state index contributed by atoms with van der Waals surface area (Å²) < 4.78 is 1.47. The second kappa shape index (κ2) is 8.11. The molecule has 0 spiro atoms. The van der Waals surface area contributed by atoms with Crippen molar-refractivity contribution in [3.8, 4) is 0 Å². The largest absolute Gasteiger partial charge is 0.350 e. The molecule has 1 aliphatic carbocycles. The van der Waals surface area contributed by atoms with Crippen molar-refractivity contribution < 1.29 is 9.72 Å². The molecule has 0 unspecified atom stereocenters. The number of rotatable bonds is 6. The van der Waals surface area contributed by atoms with Crippen molar-refractivity contribution in [1.82, 2.24) is 14.9 Å². The zero-order valence-corrected chi connectivity index (χ0v) is 15.2. The normalized spacial score (nSPS) is 14.3. The van der Waals surface area contributed by atoms with E-state index >= 15 is 0 Å². The van der Waals surface area contributed by atoms with Gasteiger partial charge in [-0.1, -0.05) is 12.8 Å². The molecule has 1 amide bonds. The number of amides is 1. The maximum Gasteiger partial charge on any atom is 0.272 e. The Kier molecular flexibility index (Phi) is 5.63. The first kappa shape index (κ1) is 18.8. The standard InChI is InChI=1S/C19H22N4O4/c1-13-10-15(6-7-17(13)23(26)27)19(25)20-8-9-22-12-21-16(11-18(22)24)14-4-2-3-5-14/h6-7,10-12,14H,2-5,8-9H2,1H3,(H,20,25). The maximum absolute atomic E-state index is 12.2. The van der Waals surface area contributed by atoms with Crippen LogP contribution in [0.15, 0.2) is 35.4 Å². The minimum absolute atomic E-state index is 0.0217. The van der Waals surface area contributed by atoms with E-state index in [2.05, 4.69) is 10.3 Å². The second-order valence-electron chi connectivity index (χ2n) is 6.84. The first-order valence-corrected chi connectivity index (χ1v) is 9.05. The lowest BCUT2D eigenvalue weighted by Crippen LogP contribution is -2.31. The number of carbonyl (C=O) groups is 1. The smallest absolute Gasteiger partial charge is 0.272 e. The molecule has 1 aromatic carbocycles. The molecule has 0 radical (unpaired) electrons. The predicted molar refractivity (Wildman–Crippen MR) is 99.9 cm³/mol. The van der Waals surface area contributed by atoms with E-state index in [4.69, 9.17) is 0 Å². The van der Waals surface area contributed by atoms with Crippen molar-refractivity contribution in [2.75, 3.05) is 6.54 Å². The van der Waals surface area contributed by atoms with E-state index in [-0.39, 0.29) is 23.7 Å². The molecule has 1 saturated carbocycles. The van der Waals surface area contributed by atoms with Crippen molar-refractivity contribution in [3.63, 3.8) is 0 Å². The average Bonchev–Trinajstić information content (AvgIpc) is 3.17. The van der Waals surface area contributed by atoms with Crippen LogP contribution in [-0.2, 0) is 6.54 Å². The Morgan fingerprint density at radius 1 is 1.33 bits per heavy atom. The molecule has 0 atom stereocenters. The minimum Gasteiger partial charge on any atom is -0.350 e. The Morgan fingerprint density at radius 2 is 2.07 bits per heavy atom. The average molecular weight is 370 g/mol. The molecular weight excluding hydrogens is 348 g/mol. The van der Waals surface area contributed by atoms with Crippen LogP contribution in [0.2, 0.25) is 0 Å². The Labute approximate surface area is 156 Å². The Bertz CT molecular complexity index is 916. The van der Waals surface area contributed by atoms with Crippen molar-refractivity contribution in [3.05, 3.63) is 67.9 Å². The van der Waals surface area contributed by atoms with Crippen molar-refractivity contribution in [2.45, 2.75) is 45.1 Å². The molecule has 1 aliphatic rings. The molecule has 8 heteroatoms. The fourth-order valence-corrected chi connectivity index (χ4v) is 3.45. The molecule has 3 rings (SSSR count). The molecule has 27 heavy (non-hydrogen) atoms. The summed E-state index contributed by atoms with van der Waals surface area (Å²) in [7, 11) is 0. The van der Waals surface area contributed by atoms with Gasteiger partial charge in [-0.3, -0.25) is 24.3 Å². The topological polar surface area (TPSA) is 107 Å². The van der Waals surface area contributed by atoms with E-state index in [0.717, 1.165) is 18.5 Å². The summed E-state index contributed by atoms with van der Waals surface area (Å²) in [5.74, 6) is 0.0500. The van der Waals surface area contributed by atoms with Gasteiger partial charge >= 0.3 is 0 Å². The van der Waals surface area contributed by atoms with Gasteiger partial charge in [0.2, 0.25) is 0 Å². The number of carbonyl (C=O) groups excluding carboxylic acids is 1. The monoisotopic (exact) mass is 370 g/mol. The third-order valence-electron chi connectivity index (χ3n) is 4.97. The van der Waals surface area contributed by atoms with Gasteiger partial charge in [0.25, 0.3) is 17.2 Å². The number of nitrogens with one attached hydrogen (secondary N) is 1. The molecule has 0 aliphatic heterocycles. The van der Waals surface area contributed by atoms with Crippen LogP contribution in [0.4, 0.5) is 5.69 Å². The summed E-state index contributed by atoms with van der Waals surface area (Å²) >= 11 is 0.